The monoisotopic (exact) mass is 465 g/mol. The molecule has 1 fully saturated rings. The van der Waals surface area contributed by atoms with Crippen LogP contribution in [0.5, 0.6) is 0 Å². The van der Waals surface area contributed by atoms with E-state index in [0.29, 0.717) is 24.0 Å². The zero-order chi connectivity index (χ0) is 21.5. The zero-order valence-electron chi connectivity index (χ0n) is 16.9. The highest BCUT2D eigenvalue weighted by Crippen LogP contribution is 2.36. The molecule has 0 spiro atoms. The van der Waals surface area contributed by atoms with Gasteiger partial charge in [0.25, 0.3) is 5.91 Å². The Kier molecular flexibility index (Phi) is 4.95. The molecule has 32 heavy (non-hydrogen) atoms. The molecular weight excluding hydrogens is 446 g/mol. The van der Waals surface area contributed by atoms with Crippen LogP contribution in [0, 0.1) is 0 Å². The van der Waals surface area contributed by atoms with E-state index >= 15 is 0 Å². The smallest absolute Gasteiger partial charge is 0.253 e. The highest BCUT2D eigenvalue weighted by Gasteiger charge is 2.36. The average molecular weight is 466 g/mol. The van der Waals surface area contributed by atoms with Gasteiger partial charge in [0.15, 0.2) is 10.1 Å². The van der Waals surface area contributed by atoms with E-state index in [4.69, 9.17) is 8.83 Å². The van der Waals surface area contributed by atoms with Gasteiger partial charge < -0.3 is 14.2 Å². The van der Waals surface area contributed by atoms with E-state index in [9.17, 15) is 4.79 Å². The molecule has 6 rings (SSSR count). The number of fused-ring (bicyclic) bond motifs is 1. The van der Waals surface area contributed by atoms with Crippen LogP contribution < -0.4 is 5.32 Å². The highest BCUT2D eigenvalue weighted by atomic mass is 32.2. The Morgan fingerprint density at radius 1 is 1.22 bits per heavy atom. The Labute approximate surface area is 191 Å². The Balaban J connectivity index is 1.21. The highest BCUT2D eigenvalue weighted by molar-refractivity contribution is 8.01. The molecule has 10 heteroatoms. The number of anilines is 1. The molecule has 2 aliphatic rings. The van der Waals surface area contributed by atoms with E-state index < -0.39 is 0 Å². The summed E-state index contributed by atoms with van der Waals surface area (Å²) in [7, 11) is 0. The van der Waals surface area contributed by atoms with Crippen molar-refractivity contribution in [3.05, 3.63) is 60.2 Å². The average Bonchev–Trinajstić information content (AvgIpc) is 3.28. The maximum absolute atomic E-state index is 13.1. The van der Waals surface area contributed by atoms with E-state index in [1.807, 2.05) is 42.5 Å². The van der Waals surface area contributed by atoms with Crippen LogP contribution in [0.3, 0.4) is 0 Å². The van der Waals surface area contributed by atoms with Gasteiger partial charge in [-0.15, -0.1) is 10.2 Å². The minimum Gasteiger partial charge on any atom is -0.467 e. The topological polar surface area (TPSA) is 96.8 Å². The predicted octanol–water partition coefficient (Wildman–Crippen LogP) is 4.92. The number of furan rings is 2. The van der Waals surface area contributed by atoms with Gasteiger partial charge in [-0.1, -0.05) is 41.3 Å². The molecule has 1 N–H and O–H groups in total. The molecule has 0 bridgehead atoms. The van der Waals surface area contributed by atoms with Crippen molar-refractivity contribution in [2.24, 2.45) is 5.10 Å². The molecule has 1 aliphatic heterocycles. The molecule has 8 nitrogen and oxygen atoms in total. The third-order valence-electron chi connectivity index (χ3n) is 5.38. The van der Waals surface area contributed by atoms with Crippen molar-refractivity contribution in [1.82, 2.24) is 15.2 Å². The molecule has 162 valence electrons. The standard InChI is InChI=1S/C22H19N5O3S2/c28-20(12-31-22-25-24-21(32-22)23-14-7-8-14)27-16(18-6-3-9-29-18)11-15(26-27)19-10-13-4-1-2-5-17(13)30-19/h1-6,9-10,14,16H,7-8,11-12H2,(H,23,24). The summed E-state index contributed by atoms with van der Waals surface area (Å²) < 4.78 is 12.4. The maximum Gasteiger partial charge on any atom is 0.253 e. The van der Waals surface area contributed by atoms with Gasteiger partial charge in [-0.25, -0.2) is 5.01 Å². The Morgan fingerprint density at radius 2 is 2.12 bits per heavy atom. The van der Waals surface area contributed by atoms with Crippen LogP contribution in [0.15, 0.2) is 67.0 Å². The summed E-state index contributed by atoms with van der Waals surface area (Å²) in [4.78, 5) is 13.1. The molecular formula is C22H19N5O3S2. The fourth-order valence-corrected chi connectivity index (χ4v) is 5.32. The fourth-order valence-electron chi connectivity index (χ4n) is 3.63. The number of hydrogen-bond acceptors (Lipinski definition) is 9. The van der Waals surface area contributed by atoms with Gasteiger partial charge in [0.05, 0.1) is 12.0 Å². The lowest BCUT2D eigenvalue weighted by Crippen LogP contribution is -2.28. The second-order valence-electron chi connectivity index (χ2n) is 7.75. The number of amides is 1. The third kappa shape index (κ3) is 3.91. The first-order valence-electron chi connectivity index (χ1n) is 10.4. The van der Waals surface area contributed by atoms with Crippen molar-refractivity contribution >= 4 is 50.8 Å². The fraction of sp³-hybridized carbons (Fsp3) is 0.273. The second kappa shape index (κ2) is 8.10. The molecule has 4 heterocycles. The first kappa shape index (κ1) is 19.6. The molecule has 1 unspecified atom stereocenters. The number of hydrogen-bond donors (Lipinski definition) is 1. The van der Waals surface area contributed by atoms with Crippen molar-refractivity contribution in [3.8, 4) is 0 Å². The van der Waals surface area contributed by atoms with E-state index in [-0.39, 0.29) is 17.7 Å². The minimum absolute atomic E-state index is 0.116. The summed E-state index contributed by atoms with van der Waals surface area (Å²) in [5.74, 6) is 1.47. The summed E-state index contributed by atoms with van der Waals surface area (Å²) >= 11 is 2.85. The van der Waals surface area contributed by atoms with Crippen molar-refractivity contribution in [1.29, 1.82) is 0 Å². The molecule has 3 aromatic heterocycles. The van der Waals surface area contributed by atoms with Gasteiger partial charge in [-0.2, -0.15) is 5.10 Å². The lowest BCUT2D eigenvalue weighted by molar-refractivity contribution is -0.130. The van der Waals surface area contributed by atoms with E-state index in [0.717, 1.165) is 26.2 Å². The van der Waals surface area contributed by atoms with Gasteiger partial charge in [0, 0.05) is 17.8 Å². The van der Waals surface area contributed by atoms with E-state index in [1.54, 1.807) is 6.26 Å². The number of carbonyl (C=O) groups is 1. The summed E-state index contributed by atoms with van der Waals surface area (Å²) in [5, 5.41) is 19.6. The number of aromatic nitrogens is 2. The lowest BCUT2D eigenvalue weighted by Gasteiger charge is -2.19. The zero-order valence-corrected chi connectivity index (χ0v) is 18.6. The Bertz CT molecular complexity index is 1260. The Morgan fingerprint density at radius 3 is 2.94 bits per heavy atom. The number of para-hydroxylation sites is 1. The van der Waals surface area contributed by atoms with E-state index in [2.05, 4.69) is 20.6 Å². The van der Waals surface area contributed by atoms with E-state index in [1.165, 1.54) is 40.9 Å². The van der Waals surface area contributed by atoms with Crippen LogP contribution in [-0.4, -0.2) is 38.6 Å². The molecule has 0 radical (unpaired) electrons. The van der Waals surface area contributed by atoms with Crippen molar-refractivity contribution in [2.75, 3.05) is 11.1 Å². The first-order valence-corrected chi connectivity index (χ1v) is 12.2. The Hall–Kier alpha value is -3.11. The first-order chi connectivity index (χ1) is 15.7. The number of benzene rings is 1. The van der Waals surface area contributed by atoms with Crippen molar-refractivity contribution < 1.29 is 13.6 Å². The molecule has 1 amide bonds. The third-order valence-corrected chi connectivity index (χ3v) is 7.35. The predicted molar refractivity (Wildman–Crippen MR) is 123 cm³/mol. The van der Waals surface area contributed by atoms with Gasteiger partial charge in [-0.3, -0.25) is 4.79 Å². The van der Waals surface area contributed by atoms with Crippen LogP contribution in [0.25, 0.3) is 11.0 Å². The maximum atomic E-state index is 13.1. The van der Waals surface area contributed by atoms with Crippen LogP contribution in [0.4, 0.5) is 5.13 Å². The number of thioether (sulfide) groups is 1. The number of carbonyl (C=O) groups excluding carboxylic acids is 1. The number of hydrazone groups is 1. The molecule has 1 saturated carbocycles. The van der Waals surface area contributed by atoms with Gasteiger partial charge in [0.1, 0.15) is 23.1 Å². The normalized spacial score (nSPS) is 18.3. The van der Waals surface area contributed by atoms with Gasteiger partial charge in [-0.05, 0) is 37.1 Å². The number of nitrogens with one attached hydrogen (secondary N) is 1. The van der Waals surface area contributed by atoms with Crippen LogP contribution in [-0.2, 0) is 4.79 Å². The van der Waals surface area contributed by atoms with Gasteiger partial charge in [0.2, 0.25) is 5.13 Å². The number of nitrogens with zero attached hydrogens (tertiary/aromatic N) is 4. The van der Waals surface area contributed by atoms with Crippen molar-refractivity contribution in [3.63, 3.8) is 0 Å². The van der Waals surface area contributed by atoms with Crippen LogP contribution in [0.1, 0.15) is 36.8 Å². The molecule has 1 atom stereocenters. The summed E-state index contributed by atoms with van der Waals surface area (Å²) in [6, 6.07) is 13.7. The molecule has 4 aromatic rings. The minimum atomic E-state index is -0.303. The van der Waals surface area contributed by atoms with Crippen molar-refractivity contribution in [2.45, 2.75) is 35.7 Å². The molecule has 0 saturated heterocycles. The summed E-state index contributed by atoms with van der Waals surface area (Å²) in [5.41, 5.74) is 1.53. The molecule has 1 aliphatic carbocycles. The number of rotatable bonds is 7. The second-order valence-corrected chi connectivity index (χ2v) is 9.95. The quantitative estimate of drug-likeness (QED) is 0.387. The van der Waals surface area contributed by atoms with Crippen LogP contribution >= 0.6 is 23.1 Å². The van der Waals surface area contributed by atoms with Crippen LogP contribution in [0.2, 0.25) is 0 Å². The largest absolute Gasteiger partial charge is 0.467 e. The summed E-state index contributed by atoms with van der Waals surface area (Å²) in [6.07, 6.45) is 4.49. The summed E-state index contributed by atoms with van der Waals surface area (Å²) in [6.45, 7) is 0. The SMILES string of the molecule is O=C(CSc1nnc(NC2CC2)s1)N1N=C(c2cc3ccccc3o2)CC1c1ccco1. The van der Waals surface area contributed by atoms with Gasteiger partial charge >= 0.3 is 0 Å². The molecule has 1 aromatic carbocycles. The lowest BCUT2D eigenvalue weighted by atomic mass is 10.1.